The Bertz CT molecular complexity index is 266. The Morgan fingerprint density at radius 3 is 2.82 bits per heavy atom. The molecular weight excluding hydrogens is 220 g/mol. The largest absolute Gasteiger partial charge is 0.396 e. The fraction of sp³-hybridized carbons (Fsp3) is 0.833. The normalized spacial score (nSPS) is 20.1. The van der Waals surface area contributed by atoms with Crippen LogP contribution < -0.4 is 5.32 Å². The van der Waals surface area contributed by atoms with Crippen molar-refractivity contribution in [3.05, 3.63) is 0 Å². The smallest absolute Gasteiger partial charge is 0.312 e. The predicted molar refractivity (Wildman–Crippen MR) is 64.4 cm³/mol. The van der Waals surface area contributed by atoms with Crippen LogP contribution in [0.2, 0.25) is 0 Å². The lowest BCUT2D eigenvalue weighted by molar-refractivity contribution is -0.148. The number of carbonyl (C=O) groups excluding carboxylic acids is 2. The Labute approximate surface area is 102 Å². The van der Waals surface area contributed by atoms with E-state index < -0.39 is 11.8 Å². The minimum Gasteiger partial charge on any atom is -0.396 e. The zero-order valence-corrected chi connectivity index (χ0v) is 10.4. The number of amides is 2. The molecule has 1 unspecified atom stereocenters. The van der Waals surface area contributed by atoms with Crippen LogP contribution in [0.5, 0.6) is 0 Å². The van der Waals surface area contributed by atoms with Gasteiger partial charge in [-0.25, -0.2) is 0 Å². The number of piperidine rings is 1. The molecule has 0 spiro atoms. The Kier molecular flexibility index (Phi) is 5.97. The predicted octanol–water partition coefficient (Wildman–Crippen LogP) is 0.276. The molecule has 0 saturated carbocycles. The van der Waals surface area contributed by atoms with E-state index in [-0.39, 0.29) is 12.6 Å². The van der Waals surface area contributed by atoms with Crippen molar-refractivity contribution in [3.8, 4) is 0 Å². The van der Waals surface area contributed by atoms with Gasteiger partial charge in [-0.05, 0) is 32.1 Å². The third-order valence-electron chi connectivity index (χ3n) is 3.08. The highest BCUT2D eigenvalue weighted by atomic mass is 16.3. The first-order valence-corrected chi connectivity index (χ1v) is 6.40. The van der Waals surface area contributed by atoms with Crippen molar-refractivity contribution in [1.29, 1.82) is 0 Å². The second-order valence-electron chi connectivity index (χ2n) is 4.42. The van der Waals surface area contributed by atoms with Crippen LogP contribution in [0.3, 0.4) is 0 Å². The first-order chi connectivity index (χ1) is 8.20. The van der Waals surface area contributed by atoms with Crippen LogP contribution in [0.15, 0.2) is 0 Å². The highest BCUT2D eigenvalue weighted by Crippen LogP contribution is 2.19. The molecule has 1 aliphatic rings. The zero-order valence-electron chi connectivity index (χ0n) is 10.4. The van der Waals surface area contributed by atoms with Crippen LogP contribution in [0.25, 0.3) is 0 Å². The lowest BCUT2D eigenvalue weighted by atomic mass is 9.99. The van der Waals surface area contributed by atoms with E-state index in [4.69, 9.17) is 5.11 Å². The van der Waals surface area contributed by atoms with E-state index in [0.717, 1.165) is 25.7 Å². The fourth-order valence-corrected chi connectivity index (χ4v) is 2.16. The SMILES string of the molecule is CCCNC(=O)C(=O)N1CCCCC1CCO. The summed E-state index contributed by atoms with van der Waals surface area (Å²) in [6.07, 6.45) is 4.26. The van der Waals surface area contributed by atoms with E-state index in [1.165, 1.54) is 0 Å². The van der Waals surface area contributed by atoms with Crippen molar-refractivity contribution in [2.24, 2.45) is 0 Å². The minimum atomic E-state index is -0.517. The molecule has 0 bridgehead atoms. The molecule has 2 N–H and O–H groups in total. The van der Waals surface area contributed by atoms with E-state index in [9.17, 15) is 9.59 Å². The summed E-state index contributed by atoms with van der Waals surface area (Å²) in [5.74, 6) is -0.965. The summed E-state index contributed by atoms with van der Waals surface area (Å²) in [6, 6.07) is 0.0219. The average molecular weight is 242 g/mol. The lowest BCUT2D eigenvalue weighted by Gasteiger charge is -2.34. The first kappa shape index (κ1) is 14.0. The molecule has 0 aromatic heterocycles. The van der Waals surface area contributed by atoms with Crippen LogP contribution in [-0.2, 0) is 9.59 Å². The van der Waals surface area contributed by atoms with E-state index in [2.05, 4.69) is 5.32 Å². The van der Waals surface area contributed by atoms with Gasteiger partial charge in [0.15, 0.2) is 0 Å². The highest BCUT2D eigenvalue weighted by molar-refractivity contribution is 6.35. The van der Waals surface area contributed by atoms with Gasteiger partial charge in [0, 0.05) is 25.7 Å². The van der Waals surface area contributed by atoms with E-state index in [1.54, 1.807) is 4.90 Å². The monoisotopic (exact) mass is 242 g/mol. The number of aliphatic hydroxyl groups is 1. The third-order valence-corrected chi connectivity index (χ3v) is 3.08. The molecule has 0 radical (unpaired) electrons. The van der Waals surface area contributed by atoms with Gasteiger partial charge in [0.05, 0.1) is 0 Å². The maximum Gasteiger partial charge on any atom is 0.312 e. The number of carbonyl (C=O) groups is 2. The maximum atomic E-state index is 11.9. The molecule has 1 saturated heterocycles. The van der Waals surface area contributed by atoms with Crippen LogP contribution in [0, 0.1) is 0 Å². The summed E-state index contributed by atoms with van der Waals surface area (Å²) < 4.78 is 0. The van der Waals surface area contributed by atoms with Crippen molar-refractivity contribution in [2.45, 2.75) is 45.1 Å². The minimum absolute atomic E-state index is 0.0219. The molecule has 0 aromatic carbocycles. The first-order valence-electron chi connectivity index (χ1n) is 6.40. The fourth-order valence-electron chi connectivity index (χ4n) is 2.16. The van der Waals surface area contributed by atoms with E-state index in [0.29, 0.717) is 19.5 Å². The van der Waals surface area contributed by atoms with Gasteiger partial charge in [-0.15, -0.1) is 0 Å². The zero-order chi connectivity index (χ0) is 12.7. The summed E-state index contributed by atoms with van der Waals surface area (Å²) in [7, 11) is 0. The number of aliphatic hydroxyl groups excluding tert-OH is 1. The number of hydrogen-bond acceptors (Lipinski definition) is 3. The van der Waals surface area contributed by atoms with Crippen molar-refractivity contribution in [3.63, 3.8) is 0 Å². The summed E-state index contributed by atoms with van der Waals surface area (Å²) in [5.41, 5.74) is 0. The van der Waals surface area contributed by atoms with Crippen LogP contribution in [-0.4, -0.2) is 47.6 Å². The second-order valence-corrected chi connectivity index (χ2v) is 4.42. The molecule has 1 rings (SSSR count). The maximum absolute atomic E-state index is 11.9. The standard InChI is InChI=1S/C12H22N2O3/c1-2-7-13-11(16)12(17)14-8-4-3-5-10(14)6-9-15/h10,15H,2-9H2,1H3,(H,13,16). The van der Waals surface area contributed by atoms with Gasteiger partial charge in [-0.2, -0.15) is 0 Å². The molecule has 17 heavy (non-hydrogen) atoms. The number of nitrogens with one attached hydrogen (secondary N) is 1. The number of hydrogen-bond donors (Lipinski definition) is 2. The van der Waals surface area contributed by atoms with Crippen molar-refractivity contribution >= 4 is 11.8 Å². The molecule has 1 heterocycles. The third kappa shape index (κ3) is 4.00. The average Bonchev–Trinajstić information content (AvgIpc) is 2.36. The molecule has 1 fully saturated rings. The van der Waals surface area contributed by atoms with Gasteiger partial charge >= 0.3 is 11.8 Å². The van der Waals surface area contributed by atoms with Gasteiger partial charge in [0.2, 0.25) is 0 Å². The van der Waals surface area contributed by atoms with Crippen LogP contribution >= 0.6 is 0 Å². The van der Waals surface area contributed by atoms with E-state index in [1.807, 2.05) is 6.92 Å². The van der Waals surface area contributed by atoms with Gasteiger partial charge in [-0.1, -0.05) is 6.92 Å². The van der Waals surface area contributed by atoms with Crippen molar-refractivity contribution in [2.75, 3.05) is 19.7 Å². The summed E-state index contributed by atoms with van der Waals surface area (Å²) in [4.78, 5) is 25.1. The Balaban J connectivity index is 2.54. The van der Waals surface area contributed by atoms with Crippen LogP contribution in [0.1, 0.15) is 39.0 Å². The Morgan fingerprint density at radius 2 is 2.18 bits per heavy atom. The second kappa shape index (κ2) is 7.27. The quantitative estimate of drug-likeness (QED) is 0.696. The summed E-state index contributed by atoms with van der Waals surface area (Å²) in [6.45, 7) is 3.16. The molecule has 0 aliphatic carbocycles. The Hall–Kier alpha value is -1.10. The highest BCUT2D eigenvalue weighted by Gasteiger charge is 2.29. The summed E-state index contributed by atoms with van der Waals surface area (Å²) in [5, 5.41) is 11.6. The van der Waals surface area contributed by atoms with E-state index >= 15 is 0 Å². The molecule has 1 atom stereocenters. The summed E-state index contributed by atoms with van der Waals surface area (Å²) >= 11 is 0. The molecule has 2 amide bonds. The number of nitrogens with zero attached hydrogens (tertiary/aromatic N) is 1. The van der Waals surface area contributed by atoms with Gasteiger partial charge in [0.1, 0.15) is 0 Å². The Morgan fingerprint density at radius 1 is 1.41 bits per heavy atom. The molecule has 0 aromatic rings. The molecule has 1 aliphatic heterocycles. The van der Waals surface area contributed by atoms with Crippen molar-refractivity contribution in [1.82, 2.24) is 10.2 Å². The molecular formula is C12H22N2O3. The molecule has 98 valence electrons. The lowest BCUT2D eigenvalue weighted by Crippen LogP contribution is -2.50. The van der Waals surface area contributed by atoms with Gasteiger partial charge in [-0.3, -0.25) is 9.59 Å². The van der Waals surface area contributed by atoms with Gasteiger partial charge in [0.25, 0.3) is 0 Å². The van der Waals surface area contributed by atoms with Crippen LogP contribution in [0.4, 0.5) is 0 Å². The number of likely N-dealkylation sites (tertiary alicyclic amines) is 1. The molecule has 5 nitrogen and oxygen atoms in total. The molecule has 5 heteroatoms. The van der Waals surface area contributed by atoms with Crippen molar-refractivity contribution < 1.29 is 14.7 Å². The number of rotatable bonds is 4. The topological polar surface area (TPSA) is 69.6 Å². The van der Waals surface area contributed by atoms with Gasteiger partial charge < -0.3 is 15.3 Å².